The number of furan rings is 1. The average molecular weight is 794 g/mol. The van der Waals surface area contributed by atoms with E-state index < -0.39 is 0 Å². The zero-order valence-corrected chi connectivity index (χ0v) is 33.6. The molecule has 290 valence electrons. The summed E-state index contributed by atoms with van der Waals surface area (Å²) in [5.74, 6) is 0. The molecule has 62 heavy (non-hydrogen) atoms. The number of hydrogen-bond acceptors (Lipinski definition) is 2. The van der Waals surface area contributed by atoms with Crippen LogP contribution in [0.2, 0.25) is 0 Å². The van der Waals surface area contributed by atoms with Crippen molar-refractivity contribution in [1.29, 1.82) is 0 Å². The fourth-order valence-corrected chi connectivity index (χ4v) is 9.15. The van der Waals surface area contributed by atoms with Gasteiger partial charge in [-0.25, -0.2) is 0 Å². The van der Waals surface area contributed by atoms with E-state index in [0.29, 0.717) is 28.1 Å². The van der Waals surface area contributed by atoms with Gasteiger partial charge in [0.2, 0.25) is 0 Å². The van der Waals surface area contributed by atoms with Crippen molar-refractivity contribution in [2.45, 2.75) is 0 Å². The van der Waals surface area contributed by atoms with Crippen molar-refractivity contribution < 1.29 is 9.90 Å². The smallest absolute Gasteiger partial charge is 0.136 e. The summed E-state index contributed by atoms with van der Waals surface area (Å²) in [4.78, 5) is 1.85. The van der Waals surface area contributed by atoms with E-state index >= 15 is 0 Å². The van der Waals surface area contributed by atoms with Gasteiger partial charge in [-0.3, -0.25) is 0 Å². The Labute approximate surface area is 365 Å². The number of rotatable bonds is 7. The highest BCUT2D eigenvalue weighted by Crippen LogP contribution is 2.41. The van der Waals surface area contributed by atoms with Gasteiger partial charge in [-0.2, -0.15) is 0 Å². The highest BCUT2D eigenvalue weighted by molar-refractivity contribution is 6.13. The van der Waals surface area contributed by atoms with Crippen LogP contribution in [0.5, 0.6) is 0 Å². The summed E-state index contributed by atoms with van der Waals surface area (Å²) >= 11 is 0. The summed E-state index contributed by atoms with van der Waals surface area (Å²) in [5.41, 5.74) is 10.2. The first-order valence-corrected chi connectivity index (χ1v) is 20.9. The highest BCUT2D eigenvalue weighted by Gasteiger charge is 2.17. The van der Waals surface area contributed by atoms with E-state index in [-0.39, 0.29) is 35.4 Å². The molecule has 12 aromatic rings. The summed E-state index contributed by atoms with van der Waals surface area (Å²) in [5, 5.41) is 8.76. The van der Waals surface area contributed by atoms with Crippen molar-refractivity contribution in [3.8, 4) is 44.5 Å². The lowest BCUT2D eigenvalue weighted by atomic mass is 9.94. The molecule has 2 heteroatoms. The Bertz CT molecular complexity index is 3820. The molecular formula is C60H39NO. The van der Waals surface area contributed by atoms with Gasteiger partial charge < -0.3 is 9.32 Å². The molecule has 0 saturated heterocycles. The van der Waals surface area contributed by atoms with Gasteiger partial charge in [-0.15, -0.1) is 0 Å². The van der Waals surface area contributed by atoms with Crippen molar-refractivity contribution >= 4 is 71.3 Å². The van der Waals surface area contributed by atoms with Crippen molar-refractivity contribution in [2.75, 3.05) is 4.90 Å². The van der Waals surface area contributed by atoms with Crippen LogP contribution in [0, 0.1) is 0 Å². The summed E-state index contributed by atoms with van der Waals surface area (Å²) in [6, 6.07) is 71.7. The van der Waals surface area contributed by atoms with E-state index in [1.54, 1.807) is 0 Å². The molecular weight excluding hydrogens is 751 g/mol. The fraction of sp³-hybridized carbons (Fsp3) is 0. The molecule has 0 aliphatic rings. The topological polar surface area (TPSA) is 16.4 Å². The van der Waals surface area contributed by atoms with Gasteiger partial charge in [0.1, 0.15) is 11.2 Å². The second-order valence-electron chi connectivity index (χ2n) is 15.7. The minimum absolute atomic E-state index is 0.128. The quantitative estimate of drug-likeness (QED) is 0.149. The number of benzene rings is 11. The monoisotopic (exact) mass is 793 g/mol. The summed E-state index contributed by atoms with van der Waals surface area (Å²) in [7, 11) is 0. The fourth-order valence-electron chi connectivity index (χ4n) is 9.15. The number of fused-ring (bicyclic) bond motifs is 7. The molecule has 12 rings (SSSR count). The normalized spacial score (nSPS) is 12.5. The molecule has 1 aromatic heterocycles. The molecule has 0 atom stereocenters. The molecule has 0 N–H and O–H groups in total. The van der Waals surface area contributed by atoms with Gasteiger partial charge in [-0.05, 0) is 125 Å². The van der Waals surface area contributed by atoms with Crippen molar-refractivity contribution in [1.82, 2.24) is 0 Å². The molecule has 2 nitrogen and oxygen atoms in total. The van der Waals surface area contributed by atoms with Crippen LogP contribution < -0.4 is 4.90 Å². The Kier molecular flexibility index (Phi) is 7.57. The Hall–Kier alpha value is -8.20. The summed E-state index contributed by atoms with van der Waals surface area (Å²) in [6.45, 7) is 0. The third kappa shape index (κ3) is 6.12. The largest absolute Gasteiger partial charge is 0.456 e. The number of anilines is 3. The number of para-hydroxylation sites is 1. The number of hydrogen-bond donors (Lipinski definition) is 0. The van der Waals surface area contributed by atoms with Gasteiger partial charge in [0.15, 0.2) is 0 Å². The maximum absolute atomic E-state index is 9.68. The SMILES string of the molecule is [2H]c1c([2H])c(N(c2ccc(-c3ccc(-c4cccc5ccccc45)cc3)cc2)c2ccc(-c3cccc4c3ccc3ccccc34)cc2)c([2H])c([2H])c1-c1cccc2oc3ccccc3c12. The molecule has 0 saturated carbocycles. The Morgan fingerprint density at radius 2 is 0.774 bits per heavy atom. The second kappa shape index (κ2) is 14.8. The molecule has 0 spiro atoms. The van der Waals surface area contributed by atoms with E-state index in [0.717, 1.165) is 44.0 Å². The van der Waals surface area contributed by atoms with Crippen molar-refractivity contribution in [3.63, 3.8) is 0 Å². The van der Waals surface area contributed by atoms with E-state index in [2.05, 4.69) is 146 Å². The van der Waals surface area contributed by atoms with Crippen LogP contribution in [-0.2, 0) is 0 Å². The van der Waals surface area contributed by atoms with Gasteiger partial charge in [0.25, 0.3) is 0 Å². The van der Waals surface area contributed by atoms with Crippen LogP contribution in [-0.4, -0.2) is 0 Å². The van der Waals surface area contributed by atoms with Gasteiger partial charge >= 0.3 is 0 Å². The zero-order chi connectivity index (χ0) is 44.5. The molecule has 0 bridgehead atoms. The lowest BCUT2D eigenvalue weighted by Gasteiger charge is -2.26. The molecule has 0 fully saturated rings. The zero-order valence-electron chi connectivity index (χ0n) is 37.6. The highest BCUT2D eigenvalue weighted by atomic mass is 16.3. The van der Waals surface area contributed by atoms with Gasteiger partial charge in [-0.1, -0.05) is 188 Å². The first kappa shape index (κ1) is 31.7. The predicted octanol–water partition coefficient (Wildman–Crippen LogP) is 17.2. The molecule has 1 heterocycles. The van der Waals surface area contributed by atoms with Gasteiger partial charge in [0.05, 0.1) is 5.48 Å². The molecule has 0 amide bonds. The first-order valence-electron chi connectivity index (χ1n) is 22.9. The standard InChI is InChI=1S/C60H39NO/c1-3-13-50-42(10-1)12-7-16-51(50)44-24-22-40(23-25-44)41-26-33-47(34-27-41)61(49-37-30-46(31-38-49)54-18-9-21-59-60(54)57-15-5-6-20-58(57)62-59)48-35-28-45(29-36-48)53-17-8-19-55-52-14-4-2-11-43(52)32-39-56(53)55/h1-39H/i30D,31D,37D,38D. The maximum atomic E-state index is 9.68. The van der Waals surface area contributed by atoms with Crippen LogP contribution >= 0.6 is 0 Å². The first-order chi connectivity index (χ1) is 32.4. The van der Waals surface area contributed by atoms with E-state index in [1.807, 2.05) is 71.6 Å². The molecule has 11 aromatic carbocycles. The predicted molar refractivity (Wildman–Crippen MR) is 263 cm³/mol. The van der Waals surface area contributed by atoms with E-state index in [4.69, 9.17) is 4.42 Å². The minimum atomic E-state index is -0.145. The summed E-state index contributed by atoms with van der Waals surface area (Å²) < 4.78 is 44.7. The Morgan fingerprint density at radius 1 is 0.290 bits per heavy atom. The van der Waals surface area contributed by atoms with E-state index in [1.165, 1.54) is 32.5 Å². The van der Waals surface area contributed by atoms with Gasteiger partial charge in [0, 0.05) is 27.8 Å². The molecule has 0 unspecified atom stereocenters. The molecule has 0 radical (unpaired) electrons. The molecule has 0 aliphatic heterocycles. The Morgan fingerprint density at radius 3 is 1.50 bits per heavy atom. The third-order valence-corrected chi connectivity index (χ3v) is 12.2. The molecule has 0 aliphatic carbocycles. The van der Waals surface area contributed by atoms with Crippen LogP contribution in [0.25, 0.3) is 98.8 Å². The van der Waals surface area contributed by atoms with Crippen LogP contribution in [0.1, 0.15) is 5.48 Å². The van der Waals surface area contributed by atoms with Crippen LogP contribution in [0.3, 0.4) is 0 Å². The lowest BCUT2D eigenvalue weighted by Crippen LogP contribution is -2.09. The average Bonchev–Trinajstić information content (AvgIpc) is 3.76. The maximum Gasteiger partial charge on any atom is 0.136 e. The Balaban J connectivity index is 0.978. The second-order valence-corrected chi connectivity index (χ2v) is 15.7. The van der Waals surface area contributed by atoms with Crippen molar-refractivity contribution in [2.24, 2.45) is 0 Å². The van der Waals surface area contributed by atoms with Crippen LogP contribution in [0.4, 0.5) is 17.1 Å². The summed E-state index contributed by atoms with van der Waals surface area (Å²) in [6.07, 6.45) is 0. The minimum Gasteiger partial charge on any atom is -0.456 e. The van der Waals surface area contributed by atoms with Crippen molar-refractivity contribution in [3.05, 3.63) is 236 Å². The lowest BCUT2D eigenvalue weighted by molar-refractivity contribution is 0.669. The third-order valence-electron chi connectivity index (χ3n) is 12.2. The van der Waals surface area contributed by atoms with Crippen LogP contribution in [0.15, 0.2) is 241 Å². The number of nitrogens with zero attached hydrogens (tertiary/aromatic N) is 1. The van der Waals surface area contributed by atoms with E-state index in [9.17, 15) is 5.48 Å².